The van der Waals surface area contributed by atoms with E-state index in [1.165, 1.54) is 0 Å². The number of rotatable bonds is 10. The summed E-state index contributed by atoms with van der Waals surface area (Å²) in [6, 6.07) is 4.87. The average molecular weight is 440 g/mol. The molecule has 8 heteroatoms. The lowest BCUT2D eigenvalue weighted by molar-refractivity contribution is -0.127. The molecule has 1 aliphatic rings. The number of benzene rings is 1. The van der Waals surface area contributed by atoms with Gasteiger partial charge in [-0.3, -0.25) is 14.5 Å². The van der Waals surface area contributed by atoms with Gasteiger partial charge >= 0.3 is 0 Å². The molecule has 1 unspecified atom stereocenters. The van der Waals surface area contributed by atoms with E-state index in [1.807, 2.05) is 20.8 Å². The largest absolute Gasteiger partial charge is 0.495 e. The van der Waals surface area contributed by atoms with E-state index in [4.69, 9.17) is 21.1 Å². The molecular formula is C22H34ClN3O4. The summed E-state index contributed by atoms with van der Waals surface area (Å²) in [5.74, 6) is 0.576. The average Bonchev–Trinajstić information content (AvgIpc) is 2.72. The van der Waals surface area contributed by atoms with E-state index in [0.717, 1.165) is 19.3 Å². The van der Waals surface area contributed by atoms with E-state index in [-0.39, 0.29) is 29.9 Å². The summed E-state index contributed by atoms with van der Waals surface area (Å²) in [5.41, 5.74) is 0.633. The number of methoxy groups -OCH3 is 1. The molecule has 7 nitrogen and oxygen atoms in total. The van der Waals surface area contributed by atoms with Gasteiger partial charge in [0.25, 0.3) is 0 Å². The normalized spacial score (nSPS) is 16.3. The van der Waals surface area contributed by atoms with Crippen LogP contribution in [0.4, 0.5) is 5.69 Å². The molecule has 1 aromatic carbocycles. The van der Waals surface area contributed by atoms with Crippen molar-refractivity contribution in [1.29, 1.82) is 0 Å². The number of piperidine rings is 1. The van der Waals surface area contributed by atoms with Gasteiger partial charge in [0.1, 0.15) is 5.75 Å². The molecule has 1 saturated heterocycles. The molecule has 0 bridgehead atoms. The van der Waals surface area contributed by atoms with Crippen LogP contribution in [-0.4, -0.2) is 62.2 Å². The highest BCUT2D eigenvalue weighted by Gasteiger charge is 2.29. The number of amides is 2. The van der Waals surface area contributed by atoms with E-state index >= 15 is 0 Å². The van der Waals surface area contributed by atoms with Crippen LogP contribution in [0.2, 0.25) is 5.02 Å². The predicted molar refractivity (Wildman–Crippen MR) is 119 cm³/mol. The predicted octanol–water partition coefficient (Wildman–Crippen LogP) is 3.32. The fourth-order valence-electron chi connectivity index (χ4n) is 3.45. The van der Waals surface area contributed by atoms with E-state index in [2.05, 4.69) is 15.5 Å². The van der Waals surface area contributed by atoms with Crippen molar-refractivity contribution in [3.63, 3.8) is 0 Å². The van der Waals surface area contributed by atoms with E-state index < -0.39 is 0 Å². The maximum Gasteiger partial charge on any atom is 0.241 e. The number of carbonyl (C=O) groups is 2. The SMILES string of the molecule is COc1ccc(NC(=O)C(C)N2CCC(C(=O)NCCCOC(C)C)CC2)cc1Cl. The molecule has 1 fully saturated rings. The van der Waals surface area contributed by atoms with E-state index in [0.29, 0.717) is 42.7 Å². The van der Waals surface area contributed by atoms with Crippen LogP contribution >= 0.6 is 11.6 Å². The van der Waals surface area contributed by atoms with Crippen LogP contribution in [0, 0.1) is 5.92 Å². The Bertz CT molecular complexity index is 706. The van der Waals surface area contributed by atoms with Gasteiger partial charge in [-0.1, -0.05) is 11.6 Å². The first-order valence-corrected chi connectivity index (χ1v) is 11.0. The number of halogens is 1. The molecule has 0 radical (unpaired) electrons. The fourth-order valence-corrected chi connectivity index (χ4v) is 3.71. The van der Waals surface area contributed by atoms with Gasteiger partial charge in [-0.05, 0) is 71.3 Å². The molecule has 2 rings (SSSR count). The Kier molecular flexibility index (Phi) is 9.88. The van der Waals surface area contributed by atoms with E-state index in [9.17, 15) is 9.59 Å². The van der Waals surface area contributed by atoms with Crippen LogP contribution in [0.15, 0.2) is 18.2 Å². The Morgan fingerprint density at radius 2 is 1.93 bits per heavy atom. The molecule has 30 heavy (non-hydrogen) atoms. The Balaban J connectivity index is 1.73. The number of hydrogen-bond donors (Lipinski definition) is 2. The van der Waals surface area contributed by atoms with Gasteiger partial charge in [0.15, 0.2) is 0 Å². The Morgan fingerprint density at radius 1 is 1.23 bits per heavy atom. The molecule has 2 N–H and O–H groups in total. The van der Waals surface area contributed by atoms with Crippen molar-refractivity contribution in [2.45, 2.75) is 52.2 Å². The van der Waals surface area contributed by atoms with Crippen molar-refractivity contribution in [2.75, 3.05) is 38.7 Å². The zero-order chi connectivity index (χ0) is 22.1. The molecule has 1 atom stereocenters. The summed E-state index contributed by atoms with van der Waals surface area (Å²) in [6.45, 7) is 8.60. The van der Waals surface area contributed by atoms with Crippen molar-refractivity contribution in [2.24, 2.45) is 5.92 Å². The summed E-state index contributed by atoms with van der Waals surface area (Å²) in [7, 11) is 1.55. The number of nitrogens with one attached hydrogen (secondary N) is 2. The van der Waals surface area contributed by atoms with Crippen molar-refractivity contribution in [3.8, 4) is 5.75 Å². The van der Waals surface area contributed by atoms with Crippen LogP contribution in [0.1, 0.15) is 40.0 Å². The van der Waals surface area contributed by atoms with Crippen LogP contribution in [-0.2, 0) is 14.3 Å². The van der Waals surface area contributed by atoms with Crippen LogP contribution in [0.5, 0.6) is 5.75 Å². The lowest BCUT2D eigenvalue weighted by Gasteiger charge is -2.34. The lowest BCUT2D eigenvalue weighted by Crippen LogP contribution is -2.48. The molecule has 0 spiro atoms. The summed E-state index contributed by atoms with van der Waals surface area (Å²) in [5, 5.41) is 6.35. The molecule has 0 aromatic heterocycles. The zero-order valence-electron chi connectivity index (χ0n) is 18.4. The molecule has 1 aromatic rings. The number of nitrogens with zero attached hydrogens (tertiary/aromatic N) is 1. The molecule has 1 aliphatic heterocycles. The van der Waals surface area contributed by atoms with Crippen molar-refractivity contribution < 1.29 is 19.1 Å². The van der Waals surface area contributed by atoms with Crippen molar-refractivity contribution in [3.05, 3.63) is 23.2 Å². The highest BCUT2D eigenvalue weighted by molar-refractivity contribution is 6.32. The third-order valence-corrected chi connectivity index (χ3v) is 5.61. The van der Waals surface area contributed by atoms with Gasteiger partial charge in [0.2, 0.25) is 11.8 Å². The molecular weight excluding hydrogens is 406 g/mol. The molecule has 0 saturated carbocycles. The second-order valence-corrected chi connectivity index (χ2v) is 8.30. The first-order valence-electron chi connectivity index (χ1n) is 10.6. The number of hydrogen-bond acceptors (Lipinski definition) is 5. The first kappa shape index (κ1) is 24.4. The molecule has 168 valence electrons. The molecule has 0 aliphatic carbocycles. The minimum atomic E-state index is -0.289. The number of likely N-dealkylation sites (tertiary alicyclic amines) is 1. The Morgan fingerprint density at radius 3 is 2.53 bits per heavy atom. The topological polar surface area (TPSA) is 79.9 Å². The first-order chi connectivity index (χ1) is 14.3. The smallest absolute Gasteiger partial charge is 0.241 e. The summed E-state index contributed by atoms with van der Waals surface area (Å²) < 4.78 is 10.6. The second kappa shape index (κ2) is 12.1. The third kappa shape index (κ3) is 7.45. The maximum absolute atomic E-state index is 12.6. The van der Waals surface area contributed by atoms with Crippen LogP contribution in [0.3, 0.4) is 0 Å². The van der Waals surface area contributed by atoms with Gasteiger partial charge in [-0.25, -0.2) is 0 Å². The number of anilines is 1. The number of ether oxygens (including phenoxy) is 2. The second-order valence-electron chi connectivity index (χ2n) is 7.89. The van der Waals surface area contributed by atoms with Gasteiger partial charge in [0, 0.05) is 24.8 Å². The summed E-state index contributed by atoms with van der Waals surface area (Å²) >= 11 is 6.12. The molecule has 2 amide bonds. The van der Waals surface area contributed by atoms with Crippen LogP contribution in [0.25, 0.3) is 0 Å². The Labute approximate surface area is 184 Å². The highest BCUT2D eigenvalue weighted by Crippen LogP contribution is 2.27. The zero-order valence-corrected chi connectivity index (χ0v) is 19.1. The summed E-state index contributed by atoms with van der Waals surface area (Å²) in [6.07, 6.45) is 2.53. The van der Waals surface area contributed by atoms with Gasteiger partial charge in [-0.15, -0.1) is 0 Å². The minimum Gasteiger partial charge on any atom is -0.495 e. The van der Waals surface area contributed by atoms with Gasteiger partial charge < -0.3 is 20.1 Å². The highest BCUT2D eigenvalue weighted by atomic mass is 35.5. The summed E-state index contributed by atoms with van der Waals surface area (Å²) in [4.78, 5) is 27.1. The molecule has 1 heterocycles. The number of carbonyl (C=O) groups excluding carboxylic acids is 2. The Hall–Kier alpha value is -1.83. The minimum absolute atomic E-state index is 0.00271. The standard InChI is InChI=1S/C22H34ClN3O4/c1-15(2)30-13-5-10-24-22(28)17-8-11-26(12-9-17)16(3)21(27)25-18-6-7-20(29-4)19(23)14-18/h6-7,14-17H,5,8-13H2,1-4H3,(H,24,28)(H,25,27). The van der Waals surface area contributed by atoms with Gasteiger partial charge in [0.05, 0.1) is 24.3 Å². The fraction of sp³-hybridized carbons (Fsp3) is 0.636. The van der Waals surface area contributed by atoms with E-state index in [1.54, 1.807) is 25.3 Å². The van der Waals surface area contributed by atoms with Crippen LogP contribution < -0.4 is 15.4 Å². The van der Waals surface area contributed by atoms with Gasteiger partial charge in [-0.2, -0.15) is 0 Å². The third-order valence-electron chi connectivity index (χ3n) is 5.32. The quantitative estimate of drug-likeness (QED) is 0.546. The lowest BCUT2D eigenvalue weighted by atomic mass is 9.95. The monoisotopic (exact) mass is 439 g/mol. The maximum atomic E-state index is 12.6. The van der Waals surface area contributed by atoms with Crippen molar-refractivity contribution >= 4 is 29.1 Å². The van der Waals surface area contributed by atoms with Crippen molar-refractivity contribution in [1.82, 2.24) is 10.2 Å².